The largest absolute Gasteiger partial charge is 0.360 e. The molecule has 0 bridgehead atoms. The van der Waals surface area contributed by atoms with E-state index in [9.17, 15) is 4.79 Å². The van der Waals surface area contributed by atoms with E-state index in [-0.39, 0.29) is 36.4 Å². The smallest absolute Gasteiger partial charge is 0.246 e. The molecule has 0 atom stereocenters. The average molecular weight is 499 g/mol. The van der Waals surface area contributed by atoms with Gasteiger partial charge in [-0.1, -0.05) is 18.2 Å². The summed E-state index contributed by atoms with van der Waals surface area (Å²) >= 11 is 1.77. The lowest BCUT2D eigenvalue weighted by atomic mass is 10.3. The molecule has 0 spiro atoms. The van der Waals surface area contributed by atoms with Crippen LogP contribution in [0.15, 0.2) is 52.8 Å². The number of piperazine rings is 1. The maximum Gasteiger partial charge on any atom is 0.246 e. The van der Waals surface area contributed by atoms with Crippen LogP contribution in [0.25, 0.3) is 0 Å². The van der Waals surface area contributed by atoms with Crippen LogP contribution < -0.4 is 15.5 Å². The second-order valence-electron chi connectivity index (χ2n) is 6.01. The number of carbonyl (C=O) groups excluding carboxylic acids is 1. The number of nitrogens with zero attached hydrogens (tertiary/aromatic N) is 3. The second kappa shape index (κ2) is 11.1. The van der Waals surface area contributed by atoms with Gasteiger partial charge in [0.15, 0.2) is 5.96 Å². The summed E-state index contributed by atoms with van der Waals surface area (Å²) in [4.78, 5) is 21.3. The number of guanidine groups is 1. The van der Waals surface area contributed by atoms with Gasteiger partial charge >= 0.3 is 0 Å². The Morgan fingerprint density at radius 2 is 1.85 bits per heavy atom. The van der Waals surface area contributed by atoms with Crippen LogP contribution in [0.2, 0.25) is 0 Å². The number of rotatable bonds is 5. The molecule has 6 nitrogen and oxygen atoms in total. The normalized spacial score (nSPS) is 14.5. The highest BCUT2D eigenvalue weighted by Gasteiger charge is 2.20. The van der Waals surface area contributed by atoms with E-state index in [1.807, 2.05) is 37.3 Å². The second-order valence-corrected chi connectivity index (χ2v) is 6.94. The summed E-state index contributed by atoms with van der Waals surface area (Å²) in [6, 6.07) is 13.7. The number of aliphatic imine (C=N–C) groups is 1. The number of nitrogens with one attached hydrogen (secondary N) is 2. The van der Waals surface area contributed by atoms with E-state index in [4.69, 9.17) is 0 Å². The van der Waals surface area contributed by atoms with Crippen LogP contribution in [0.3, 0.4) is 0 Å². The Morgan fingerprint density at radius 1 is 1.11 bits per heavy atom. The monoisotopic (exact) mass is 499 g/mol. The van der Waals surface area contributed by atoms with Crippen molar-refractivity contribution in [1.82, 2.24) is 10.2 Å². The molecule has 1 aliphatic rings. The lowest BCUT2D eigenvalue weighted by molar-refractivity contribution is -0.114. The maximum absolute atomic E-state index is 12.1. The quantitative estimate of drug-likeness (QED) is 0.377. The Kier molecular flexibility index (Phi) is 8.86. The summed E-state index contributed by atoms with van der Waals surface area (Å²) in [5, 5.41) is 9.59. The molecule has 2 N–H and O–H groups in total. The molecule has 1 aromatic carbocycles. The molecule has 3 rings (SSSR count). The first-order valence-corrected chi connectivity index (χ1v) is 9.81. The molecule has 0 aliphatic carbocycles. The number of benzene rings is 1. The molecule has 2 heterocycles. The molecule has 0 saturated carbocycles. The van der Waals surface area contributed by atoms with E-state index < -0.39 is 0 Å². The third-order valence-electron chi connectivity index (χ3n) is 4.16. The standard InChI is InChI=1S/C19H25N5OS.HI/c1-2-20-19(21-15-17(25)22-16-7-4-3-5-8-16)24-12-10-23(11-13-24)18-9-6-14-26-18;/h3-9,14H,2,10-13,15H2,1H3,(H,20,21)(H,22,25);1H. The van der Waals surface area contributed by atoms with Crippen LogP contribution >= 0.6 is 35.3 Å². The van der Waals surface area contributed by atoms with Gasteiger partial charge in [-0.05, 0) is 36.6 Å². The fourth-order valence-corrected chi connectivity index (χ4v) is 3.67. The van der Waals surface area contributed by atoms with Gasteiger partial charge in [0.2, 0.25) is 5.91 Å². The predicted molar refractivity (Wildman–Crippen MR) is 125 cm³/mol. The lowest BCUT2D eigenvalue weighted by Crippen LogP contribution is -2.52. The molecule has 2 aromatic rings. The summed E-state index contributed by atoms with van der Waals surface area (Å²) in [5.41, 5.74) is 0.794. The van der Waals surface area contributed by atoms with Gasteiger partial charge in [0.1, 0.15) is 6.54 Å². The summed E-state index contributed by atoms with van der Waals surface area (Å²) in [6.07, 6.45) is 0. The van der Waals surface area contributed by atoms with Crippen molar-refractivity contribution >= 4 is 57.9 Å². The summed E-state index contributed by atoms with van der Waals surface area (Å²) in [7, 11) is 0. The molecule has 146 valence electrons. The highest BCUT2D eigenvalue weighted by atomic mass is 127. The summed E-state index contributed by atoms with van der Waals surface area (Å²) in [5.74, 6) is 0.699. The van der Waals surface area contributed by atoms with E-state index in [1.165, 1.54) is 5.00 Å². The molecule has 27 heavy (non-hydrogen) atoms. The third-order valence-corrected chi connectivity index (χ3v) is 5.09. The molecule has 1 amide bonds. The number of hydrogen-bond acceptors (Lipinski definition) is 4. The van der Waals surface area contributed by atoms with Crippen molar-refractivity contribution in [2.24, 2.45) is 4.99 Å². The highest BCUT2D eigenvalue weighted by molar-refractivity contribution is 14.0. The van der Waals surface area contributed by atoms with Crippen LogP contribution in [0.1, 0.15) is 6.92 Å². The Hall–Kier alpha value is -1.81. The van der Waals surface area contributed by atoms with Crippen molar-refractivity contribution < 1.29 is 4.79 Å². The van der Waals surface area contributed by atoms with Gasteiger partial charge in [-0.2, -0.15) is 0 Å². The van der Waals surface area contributed by atoms with Gasteiger partial charge in [0.25, 0.3) is 0 Å². The molecule has 0 radical (unpaired) electrons. The number of halogens is 1. The minimum Gasteiger partial charge on any atom is -0.360 e. The number of thiophene rings is 1. The van der Waals surface area contributed by atoms with Crippen LogP contribution in [0.5, 0.6) is 0 Å². The molecular formula is C19H26IN5OS. The first-order valence-electron chi connectivity index (χ1n) is 8.93. The molecule has 0 unspecified atom stereocenters. The van der Waals surface area contributed by atoms with E-state index in [0.29, 0.717) is 0 Å². The van der Waals surface area contributed by atoms with E-state index in [1.54, 1.807) is 11.3 Å². The molecule has 1 fully saturated rings. The maximum atomic E-state index is 12.1. The SMILES string of the molecule is CCNC(=NCC(=O)Nc1ccccc1)N1CCN(c2cccs2)CC1.I. The zero-order chi connectivity index (χ0) is 18.2. The number of para-hydroxylation sites is 1. The topological polar surface area (TPSA) is 60.0 Å². The van der Waals surface area contributed by atoms with Crippen LogP contribution in [-0.4, -0.2) is 56.0 Å². The van der Waals surface area contributed by atoms with E-state index >= 15 is 0 Å². The van der Waals surface area contributed by atoms with Crippen molar-refractivity contribution in [2.75, 3.05) is 49.5 Å². The zero-order valence-corrected chi connectivity index (χ0v) is 18.6. The van der Waals surface area contributed by atoms with Gasteiger partial charge in [0.05, 0.1) is 5.00 Å². The van der Waals surface area contributed by atoms with Crippen LogP contribution in [0.4, 0.5) is 10.7 Å². The van der Waals surface area contributed by atoms with Gasteiger partial charge in [-0.25, -0.2) is 4.99 Å². The van der Waals surface area contributed by atoms with Crippen molar-refractivity contribution in [1.29, 1.82) is 0 Å². The average Bonchev–Trinajstić information content (AvgIpc) is 3.21. The minimum atomic E-state index is -0.108. The molecule has 1 aromatic heterocycles. The van der Waals surface area contributed by atoms with Crippen LogP contribution in [0, 0.1) is 0 Å². The number of amides is 1. The first-order chi connectivity index (χ1) is 12.8. The van der Waals surface area contributed by atoms with Gasteiger partial charge in [0, 0.05) is 38.4 Å². The Labute approximate surface area is 181 Å². The molecular weight excluding hydrogens is 473 g/mol. The Balaban J connectivity index is 0.00000261. The minimum absolute atomic E-state index is 0. The third kappa shape index (κ3) is 6.39. The Morgan fingerprint density at radius 3 is 2.48 bits per heavy atom. The number of hydrogen-bond donors (Lipinski definition) is 2. The highest BCUT2D eigenvalue weighted by Crippen LogP contribution is 2.22. The van der Waals surface area contributed by atoms with Crippen molar-refractivity contribution in [3.05, 3.63) is 47.8 Å². The van der Waals surface area contributed by atoms with Gasteiger partial charge in [-0.15, -0.1) is 35.3 Å². The van der Waals surface area contributed by atoms with Gasteiger partial charge < -0.3 is 20.4 Å². The number of carbonyl (C=O) groups is 1. The van der Waals surface area contributed by atoms with Gasteiger partial charge in [-0.3, -0.25) is 4.79 Å². The first kappa shape index (κ1) is 21.5. The zero-order valence-electron chi connectivity index (χ0n) is 15.4. The number of anilines is 2. The van der Waals surface area contributed by atoms with Crippen molar-refractivity contribution in [3.63, 3.8) is 0 Å². The fourth-order valence-electron chi connectivity index (χ4n) is 2.88. The van der Waals surface area contributed by atoms with Crippen molar-refractivity contribution in [3.8, 4) is 0 Å². The van der Waals surface area contributed by atoms with Crippen LogP contribution in [-0.2, 0) is 4.79 Å². The predicted octanol–water partition coefficient (Wildman–Crippen LogP) is 3.09. The molecule has 1 aliphatic heterocycles. The van der Waals surface area contributed by atoms with Crippen molar-refractivity contribution in [2.45, 2.75) is 6.92 Å². The summed E-state index contributed by atoms with van der Waals surface area (Å²) < 4.78 is 0. The fraction of sp³-hybridized carbons (Fsp3) is 0.368. The molecule has 1 saturated heterocycles. The van der Waals surface area contributed by atoms with E-state index in [0.717, 1.165) is 44.4 Å². The summed E-state index contributed by atoms with van der Waals surface area (Å²) in [6.45, 7) is 6.64. The molecule has 8 heteroatoms. The Bertz CT molecular complexity index is 715. The lowest BCUT2D eigenvalue weighted by Gasteiger charge is -2.37. The van der Waals surface area contributed by atoms with E-state index in [2.05, 4.69) is 42.9 Å².